The number of carbonyl (C=O) groups excluding carboxylic acids is 1. The normalized spacial score (nSPS) is 15.3. The Balaban J connectivity index is 1.98. The molecule has 0 saturated carbocycles. The van der Waals surface area contributed by atoms with E-state index in [0.29, 0.717) is 0 Å². The van der Waals surface area contributed by atoms with Crippen molar-refractivity contribution in [2.75, 3.05) is 6.26 Å². The van der Waals surface area contributed by atoms with Crippen molar-refractivity contribution in [2.45, 2.75) is 0 Å². The van der Waals surface area contributed by atoms with E-state index in [-0.39, 0.29) is 33.4 Å². The molecule has 5 nitrogen and oxygen atoms in total. The lowest BCUT2D eigenvalue weighted by molar-refractivity contribution is 0.101. The molecule has 0 amide bonds. The van der Waals surface area contributed by atoms with Crippen molar-refractivity contribution >= 4 is 33.6 Å². The molecule has 0 fully saturated rings. The van der Waals surface area contributed by atoms with Crippen molar-refractivity contribution in [1.82, 2.24) is 0 Å². The smallest absolute Gasteiger partial charge is 0.306 e. The van der Waals surface area contributed by atoms with Gasteiger partial charge in [0.1, 0.15) is 17.3 Å². The average molecular weight is 369 g/mol. The predicted octanol–water partition coefficient (Wildman–Crippen LogP) is 3.43. The Morgan fingerprint density at radius 3 is 2.67 bits per heavy atom. The SMILES string of the molecule is CS(=O)(=O)Oc1ccc2c(c1)OC(=Cc1c(F)cccc1Cl)C2=O. The first-order valence-corrected chi connectivity index (χ1v) is 8.86. The number of ether oxygens (including phenoxy) is 1. The molecule has 1 heterocycles. The van der Waals surface area contributed by atoms with E-state index >= 15 is 0 Å². The van der Waals surface area contributed by atoms with Gasteiger partial charge in [0.05, 0.1) is 16.8 Å². The van der Waals surface area contributed by atoms with Gasteiger partial charge in [0.15, 0.2) is 5.76 Å². The quantitative estimate of drug-likeness (QED) is 0.613. The van der Waals surface area contributed by atoms with Crippen molar-refractivity contribution in [3.8, 4) is 11.5 Å². The van der Waals surface area contributed by atoms with Gasteiger partial charge in [0.25, 0.3) is 0 Å². The highest BCUT2D eigenvalue weighted by molar-refractivity contribution is 7.86. The van der Waals surface area contributed by atoms with Gasteiger partial charge in [-0.1, -0.05) is 17.7 Å². The minimum atomic E-state index is -3.70. The molecule has 0 aliphatic carbocycles. The Labute approximate surface area is 142 Å². The van der Waals surface area contributed by atoms with E-state index in [9.17, 15) is 17.6 Å². The molecule has 0 unspecified atom stereocenters. The zero-order valence-corrected chi connectivity index (χ0v) is 13.8. The van der Waals surface area contributed by atoms with Crippen LogP contribution in [0.1, 0.15) is 15.9 Å². The summed E-state index contributed by atoms with van der Waals surface area (Å²) in [5.74, 6) is -1.04. The van der Waals surface area contributed by atoms with E-state index in [1.165, 1.54) is 42.5 Å². The predicted molar refractivity (Wildman–Crippen MR) is 86.3 cm³/mol. The maximum Gasteiger partial charge on any atom is 0.306 e. The number of allylic oxidation sites excluding steroid dienone is 1. The van der Waals surface area contributed by atoms with E-state index in [0.717, 1.165) is 6.26 Å². The fourth-order valence-electron chi connectivity index (χ4n) is 2.17. The van der Waals surface area contributed by atoms with E-state index in [2.05, 4.69) is 0 Å². The van der Waals surface area contributed by atoms with Crippen LogP contribution in [0.3, 0.4) is 0 Å². The van der Waals surface area contributed by atoms with Gasteiger partial charge < -0.3 is 8.92 Å². The minimum Gasteiger partial charge on any atom is -0.452 e. The number of halogens is 2. The van der Waals surface area contributed by atoms with Gasteiger partial charge in [-0.3, -0.25) is 4.79 Å². The highest BCUT2D eigenvalue weighted by Gasteiger charge is 2.28. The van der Waals surface area contributed by atoms with Crippen LogP contribution in [0.5, 0.6) is 11.5 Å². The summed E-state index contributed by atoms with van der Waals surface area (Å²) in [6.07, 6.45) is 2.11. The van der Waals surface area contributed by atoms with E-state index in [1.807, 2.05) is 0 Å². The molecular weight excluding hydrogens is 359 g/mol. The standard InChI is InChI=1S/C16H10ClFO5S/c1-24(20,21)23-9-5-6-10-14(7-9)22-15(16(10)19)8-11-12(17)3-2-4-13(11)18/h2-8H,1H3. The van der Waals surface area contributed by atoms with Crippen LogP contribution in [0.25, 0.3) is 6.08 Å². The molecule has 3 rings (SSSR count). The molecule has 1 aliphatic rings. The lowest BCUT2D eigenvalue weighted by Gasteiger charge is -2.04. The molecule has 0 N–H and O–H groups in total. The van der Waals surface area contributed by atoms with Crippen molar-refractivity contribution in [3.05, 3.63) is 64.1 Å². The van der Waals surface area contributed by atoms with E-state index in [4.69, 9.17) is 20.5 Å². The molecule has 24 heavy (non-hydrogen) atoms. The monoisotopic (exact) mass is 368 g/mol. The summed E-state index contributed by atoms with van der Waals surface area (Å²) in [6, 6.07) is 8.13. The van der Waals surface area contributed by atoms with Gasteiger partial charge in [-0.15, -0.1) is 0 Å². The van der Waals surface area contributed by atoms with Gasteiger partial charge >= 0.3 is 10.1 Å². The number of carbonyl (C=O) groups is 1. The van der Waals surface area contributed by atoms with Crippen LogP contribution in [0.15, 0.2) is 42.2 Å². The molecule has 0 aromatic heterocycles. The van der Waals surface area contributed by atoms with Crippen molar-refractivity contribution in [3.63, 3.8) is 0 Å². The Bertz CT molecular complexity index is 962. The second kappa shape index (κ2) is 5.92. The molecule has 124 valence electrons. The molecule has 0 radical (unpaired) electrons. The lowest BCUT2D eigenvalue weighted by Crippen LogP contribution is -2.05. The highest BCUT2D eigenvalue weighted by atomic mass is 35.5. The minimum absolute atomic E-state index is 0.00854. The van der Waals surface area contributed by atoms with Gasteiger partial charge in [0, 0.05) is 11.6 Å². The van der Waals surface area contributed by atoms with Crippen LogP contribution in [0, 0.1) is 5.82 Å². The third kappa shape index (κ3) is 3.27. The number of hydrogen-bond acceptors (Lipinski definition) is 5. The van der Waals surface area contributed by atoms with Crippen LogP contribution < -0.4 is 8.92 Å². The number of rotatable bonds is 3. The van der Waals surface area contributed by atoms with Gasteiger partial charge in [-0.05, 0) is 30.3 Å². The fraction of sp³-hybridized carbons (Fsp3) is 0.0625. The van der Waals surface area contributed by atoms with Gasteiger partial charge in [-0.25, -0.2) is 4.39 Å². The molecule has 0 bridgehead atoms. The zero-order chi connectivity index (χ0) is 17.5. The summed E-state index contributed by atoms with van der Waals surface area (Å²) in [5.41, 5.74) is 0.248. The molecule has 2 aromatic rings. The number of fused-ring (bicyclic) bond motifs is 1. The number of benzene rings is 2. The Hall–Kier alpha value is -2.38. The topological polar surface area (TPSA) is 69.7 Å². The Morgan fingerprint density at radius 2 is 2.00 bits per heavy atom. The summed E-state index contributed by atoms with van der Waals surface area (Å²) in [5, 5.41) is 0.135. The molecule has 0 saturated heterocycles. The van der Waals surface area contributed by atoms with Crippen LogP contribution in [0.4, 0.5) is 4.39 Å². The summed E-state index contributed by atoms with van der Waals surface area (Å²) in [4.78, 5) is 12.3. The molecular formula is C16H10ClFO5S. The second-order valence-electron chi connectivity index (χ2n) is 5.02. The van der Waals surface area contributed by atoms with E-state index < -0.39 is 21.7 Å². The van der Waals surface area contributed by atoms with Gasteiger partial charge in [-0.2, -0.15) is 8.42 Å². The van der Waals surface area contributed by atoms with Crippen molar-refractivity contribution < 1.29 is 26.5 Å². The highest BCUT2D eigenvalue weighted by Crippen LogP contribution is 2.36. The maximum atomic E-state index is 13.8. The average Bonchev–Trinajstić information content (AvgIpc) is 2.77. The summed E-state index contributed by atoms with van der Waals surface area (Å²) in [6.45, 7) is 0. The molecule has 0 atom stereocenters. The molecule has 2 aromatic carbocycles. The largest absolute Gasteiger partial charge is 0.452 e. The van der Waals surface area contributed by atoms with Crippen LogP contribution in [-0.4, -0.2) is 20.5 Å². The Kier molecular flexibility index (Phi) is 4.06. The molecule has 8 heteroatoms. The van der Waals surface area contributed by atoms with E-state index in [1.54, 1.807) is 0 Å². The first-order chi connectivity index (χ1) is 11.2. The van der Waals surface area contributed by atoms with Gasteiger partial charge in [0.2, 0.25) is 5.78 Å². The number of ketones is 1. The van der Waals surface area contributed by atoms with Crippen LogP contribution in [0.2, 0.25) is 5.02 Å². The Morgan fingerprint density at radius 1 is 1.25 bits per heavy atom. The lowest BCUT2D eigenvalue weighted by atomic mass is 10.1. The van der Waals surface area contributed by atoms with Crippen molar-refractivity contribution in [1.29, 1.82) is 0 Å². The summed E-state index contributed by atoms with van der Waals surface area (Å²) >= 11 is 5.93. The third-order valence-electron chi connectivity index (χ3n) is 3.16. The van der Waals surface area contributed by atoms with Crippen LogP contribution >= 0.6 is 11.6 Å². The molecule has 1 aliphatic heterocycles. The number of hydrogen-bond donors (Lipinski definition) is 0. The summed E-state index contributed by atoms with van der Waals surface area (Å²) < 4.78 is 46.3. The van der Waals surface area contributed by atoms with Crippen LogP contribution in [-0.2, 0) is 10.1 Å². The zero-order valence-electron chi connectivity index (χ0n) is 12.2. The maximum absolute atomic E-state index is 13.8. The molecule has 0 spiro atoms. The van der Waals surface area contributed by atoms with Crippen molar-refractivity contribution in [2.24, 2.45) is 0 Å². The third-order valence-corrected chi connectivity index (χ3v) is 3.99. The summed E-state index contributed by atoms with van der Waals surface area (Å²) in [7, 11) is -3.70. The first-order valence-electron chi connectivity index (χ1n) is 6.66. The second-order valence-corrected chi connectivity index (χ2v) is 7.00. The first kappa shape index (κ1) is 16.5. The number of Topliss-reactive ketones (excluding diaryl/α,β-unsaturated/α-hetero) is 1. The fourth-order valence-corrected chi connectivity index (χ4v) is 2.84.